The van der Waals surface area contributed by atoms with Crippen molar-refractivity contribution < 1.29 is 9.53 Å². The topological polar surface area (TPSA) is 39.2 Å². The van der Waals surface area contributed by atoms with Gasteiger partial charge in [0.05, 0.1) is 6.42 Å². The molecule has 0 aliphatic carbocycles. The molecule has 0 N–H and O–H groups in total. The van der Waals surface area contributed by atoms with Crippen molar-refractivity contribution in [2.75, 3.05) is 0 Å². The minimum atomic E-state index is -0.183. The summed E-state index contributed by atoms with van der Waals surface area (Å²) in [4.78, 5) is 15.3. The average Bonchev–Trinajstić information content (AvgIpc) is 2.38. The fourth-order valence-electron chi connectivity index (χ4n) is 2.04. The number of pyridine rings is 1. The maximum atomic E-state index is 11.3. The van der Waals surface area contributed by atoms with Gasteiger partial charge in [-0.25, -0.2) is 4.98 Å². The molecule has 0 fully saturated rings. The van der Waals surface area contributed by atoms with E-state index in [0.717, 1.165) is 23.1 Å². The molecule has 0 bridgehead atoms. The third-order valence-electron chi connectivity index (χ3n) is 2.96. The van der Waals surface area contributed by atoms with Crippen LogP contribution in [0.25, 0.3) is 11.1 Å². The molecule has 18 heavy (non-hydrogen) atoms. The van der Waals surface area contributed by atoms with Crippen molar-refractivity contribution >= 4 is 17.6 Å². The van der Waals surface area contributed by atoms with Crippen LogP contribution < -0.4 is 4.74 Å². The monoisotopic (exact) mass is 259 g/mol. The van der Waals surface area contributed by atoms with E-state index >= 15 is 0 Å². The van der Waals surface area contributed by atoms with Gasteiger partial charge < -0.3 is 4.74 Å². The van der Waals surface area contributed by atoms with Gasteiger partial charge in [-0.2, -0.15) is 0 Å². The molecule has 3 rings (SSSR count). The second-order valence-electron chi connectivity index (χ2n) is 4.14. The number of esters is 1. The first-order valence-electron chi connectivity index (χ1n) is 5.68. The zero-order valence-corrected chi connectivity index (χ0v) is 10.3. The summed E-state index contributed by atoms with van der Waals surface area (Å²) in [6.07, 6.45) is 2.82. The Morgan fingerprint density at radius 1 is 1.22 bits per heavy atom. The molecule has 1 aliphatic rings. The van der Waals surface area contributed by atoms with Crippen molar-refractivity contribution in [3.05, 3.63) is 47.2 Å². The van der Waals surface area contributed by atoms with Gasteiger partial charge in [0.2, 0.25) is 0 Å². The number of nitrogens with zero attached hydrogens (tertiary/aromatic N) is 1. The van der Waals surface area contributed by atoms with E-state index in [0.29, 0.717) is 17.3 Å². The van der Waals surface area contributed by atoms with Crippen LogP contribution in [0, 0.1) is 0 Å². The molecule has 90 valence electrons. The number of hydrogen-bond acceptors (Lipinski definition) is 3. The van der Waals surface area contributed by atoms with E-state index < -0.39 is 0 Å². The fourth-order valence-corrected chi connectivity index (χ4v) is 2.26. The van der Waals surface area contributed by atoms with Crippen molar-refractivity contribution in [2.24, 2.45) is 0 Å². The second kappa shape index (κ2) is 4.42. The third kappa shape index (κ3) is 1.97. The molecular formula is C14H10ClNO2. The fraction of sp³-hybridized carbons (Fsp3) is 0.143. The predicted molar refractivity (Wildman–Crippen MR) is 68.6 cm³/mol. The first kappa shape index (κ1) is 11.2. The number of halogens is 1. The summed E-state index contributed by atoms with van der Waals surface area (Å²) in [6.45, 7) is 0. The van der Waals surface area contributed by atoms with Gasteiger partial charge in [-0.05, 0) is 35.7 Å². The predicted octanol–water partition coefficient (Wildman–Crippen LogP) is 3.25. The summed E-state index contributed by atoms with van der Waals surface area (Å²) >= 11 is 6.05. The Balaban J connectivity index is 2.07. The quantitative estimate of drug-likeness (QED) is 0.448. The molecule has 0 radical (unpaired) electrons. The zero-order chi connectivity index (χ0) is 12.5. The molecule has 0 atom stereocenters. The number of hydrogen-bond donors (Lipinski definition) is 0. The van der Waals surface area contributed by atoms with E-state index in [-0.39, 0.29) is 5.97 Å². The third-order valence-corrected chi connectivity index (χ3v) is 3.26. The molecule has 0 saturated carbocycles. The van der Waals surface area contributed by atoms with E-state index in [1.807, 2.05) is 30.3 Å². The Labute approximate surface area is 109 Å². The first-order chi connectivity index (χ1) is 8.74. The van der Waals surface area contributed by atoms with Crippen LogP contribution in [-0.2, 0) is 11.2 Å². The lowest BCUT2D eigenvalue weighted by Gasteiger charge is -2.16. The number of rotatable bonds is 1. The lowest BCUT2D eigenvalue weighted by atomic mass is 10.0. The molecule has 0 saturated heterocycles. The first-order valence-corrected chi connectivity index (χ1v) is 6.06. The van der Waals surface area contributed by atoms with E-state index in [2.05, 4.69) is 4.98 Å². The Morgan fingerprint density at radius 3 is 2.94 bits per heavy atom. The standard InChI is InChI=1S/C14H10ClNO2/c15-14-11(2-1-7-16-14)10-4-3-9-5-6-13(17)18-12(9)8-10/h1-4,7-8H,5-6H2. The van der Waals surface area contributed by atoms with Crippen LogP contribution in [0.5, 0.6) is 5.75 Å². The summed E-state index contributed by atoms with van der Waals surface area (Å²) in [5, 5.41) is 0.444. The molecule has 4 heteroatoms. The van der Waals surface area contributed by atoms with Crippen LogP contribution >= 0.6 is 11.6 Å². The van der Waals surface area contributed by atoms with E-state index in [1.165, 1.54) is 0 Å². The lowest BCUT2D eigenvalue weighted by Crippen LogP contribution is -2.15. The lowest BCUT2D eigenvalue weighted by molar-refractivity contribution is -0.135. The number of ether oxygens (including phenoxy) is 1. The highest BCUT2D eigenvalue weighted by Crippen LogP contribution is 2.33. The molecule has 0 amide bonds. The van der Waals surface area contributed by atoms with Crippen molar-refractivity contribution in [2.45, 2.75) is 12.8 Å². The highest BCUT2D eigenvalue weighted by molar-refractivity contribution is 6.32. The summed E-state index contributed by atoms with van der Waals surface area (Å²) < 4.78 is 5.23. The normalized spacial score (nSPS) is 13.9. The molecule has 1 aliphatic heterocycles. The van der Waals surface area contributed by atoms with E-state index in [9.17, 15) is 4.79 Å². The van der Waals surface area contributed by atoms with Crippen LogP contribution in [0.3, 0.4) is 0 Å². The second-order valence-corrected chi connectivity index (χ2v) is 4.50. The Kier molecular flexibility index (Phi) is 2.76. The van der Waals surface area contributed by atoms with Gasteiger partial charge in [0.1, 0.15) is 10.9 Å². The number of carbonyl (C=O) groups excluding carboxylic acids is 1. The maximum Gasteiger partial charge on any atom is 0.311 e. The van der Waals surface area contributed by atoms with Crippen LogP contribution in [0.1, 0.15) is 12.0 Å². The zero-order valence-electron chi connectivity index (χ0n) is 9.52. The van der Waals surface area contributed by atoms with Crippen LogP contribution in [0.4, 0.5) is 0 Å². The average molecular weight is 260 g/mol. The van der Waals surface area contributed by atoms with Gasteiger partial charge in [-0.1, -0.05) is 23.7 Å². The van der Waals surface area contributed by atoms with Gasteiger partial charge in [0.25, 0.3) is 0 Å². The highest BCUT2D eigenvalue weighted by atomic mass is 35.5. The molecular weight excluding hydrogens is 250 g/mol. The Bertz CT molecular complexity index is 625. The van der Waals surface area contributed by atoms with Crippen molar-refractivity contribution in [1.29, 1.82) is 0 Å². The largest absolute Gasteiger partial charge is 0.426 e. The van der Waals surface area contributed by atoms with Crippen molar-refractivity contribution in [3.63, 3.8) is 0 Å². The summed E-state index contributed by atoms with van der Waals surface area (Å²) in [7, 11) is 0. The van der Waals surface area contributed by atoms with Crippen LogP contribution in [-0.4, -0.2) is 11.0 Å². The summed E-state index contributed by atoms with van der Waals surface area (Å²) in [5.74, 6) is 0.445. The molecule has 1 aromatic carbocycles. The number of benzene rings is 1. The highest BCUT2D eigenvalue weighted by Gasteiger charge is 2.17. The molecule has 0 unspecified atom stereocenters. The minimum absolute atomic E-state index is 0.183. The number of carbonyl (C=O) groups is 1. The number of fused-ring (bicyclic) bond motifs is 1. The smallest absolute Gasteiger partial charge is 0.311 e. The minimum Gasteiger partial charge on any atom is -0.426 e. The molecule has 1 aromatic heterocycles. The van der Waals surface area contributed by atoms with E-state index in [4.69, 9.17) is 16.3 Å². The van der Waals surface area contributed by atoms with Gasteiger partial charge in [-0.3, -0.25) is 4.79 Å². The number of aryl methyl sites for hydroxylation is 1. The van der Waals surface area contributed by atoms with Gasteiger partial charge in [-0.15, -0.1) is 0 Å². The van der Waals surface area contributed by atoms with Crippen LogP contribution in [0.15, 0.2) is 36.5 Å². The number of aromatic nitrogens is 1. The van der Waals surface area contributed by atoms with Crippen molar-refractivity contribution in [1.82, 2.24) is 4.98 Å². The summed E-state index contributed by atoms with van der Waals surface area (Å²) in [6, 6.07) is 9.50. The van der Waals surface area contributed by atoms with E-state index in [1.54, 1.807) is 6.20 Å². The van der Waals surface area contributed by atoms with Gasteiger partial charge in [0, 0.05) is 11.8 Å². The Morgan fingerprint density at radius 2 is 2.11 bits per heavy atom. The van der Waals surface area contributed by atoms with Gasteiger partial charge >= 0.3 is 5.97 Å². The summed E-state index contributed by atoms with van der Waals surface area (Å²) in [5.41, 5.74) is 2.79. The van der Waals surface area contributed by atoms with Gasteiger partial charge in [0.15, 0.2) is 0 Å². The Hall–Kier alpha value is -1.87. The molecule has 3 nitrogen and oxygen atoms in total. The molecule has 2 heterocycles. The van der Waals surface area contributed by atoms with Crippen molar-refractivity contribution in [3.8, 4) is 16.9 Å². The molecule has 2 aromatic rings. The SMILES string of the molecule is O=C1CCc2ccc(-c3cccnc3Cl)cc2O1. The molecule has 0 spiro atoms. The maximum absolute atomic E-state index is 11.3. The van der Waals surface area contributed by atoms with Crippen LogP contribution in [0.2, 0.25) is 5.15 Å².